The highest BCUT2D eigenvalue weighted by Crippen LogP contribution is 2.28. The van der Waals surface area contributed by atoms with Gasteiger partial charge in [-0.25, -0.2) is 17.6 Å². The summed E-state index contributed by atoms with van der Waals surface area (Å²) in [6.45, 7) is 2.23. The van der Waals surface area contributed by atoms with E-state index in [2.05, 4.69) is 5.32 Å². The summed E-state index contributed by atoms with van der Waals surface area (Å²) in [5.74, 6) is -2.18. The molecular weight excluding hydrogens is 447 g/mol. The fourth-order valence-electron chi connectivity index (χ4n) is 3.15. The summed E-state index contributed by atoms with van der Waals surface area (Å²) in [5.41, 5.74) is 0.0470. The average Bonchev–Trinajstić information content (AvgIpc) is 2.75. The van der Waals surface area contributed by atoms with Crippen LogP contribution in [0, 0.1) is 5.82 Å². The third-order valence-corrected chi connectivity index (χ3v) is 7.09. The number of amides is 1. The fourth-order valence-corrected chi connectivity index (χ4v) is 4.86. The van der Waals surface area contributed by atoms with E-state index in [-0.39, 0.29) is 21.2 Å². The van der Waals surface area contributed by atoms with E-state index >= 15 is 0 Å². The molecular formula is C21H22ClFN2O5S. The first-order valence-corrected chi connectivity index (χ1v) is 11.6. The molecule has 0 radical (unpaired) electrons. The second-order valence-electron chi connectivity index (χ2n) is 7.15. The number of hydrogen-bond acceptors (Lipinski definition) is 5. The lowest BCUT2D eigenvalue weighted by Gasteiger charge is -2.26. The van der Waals surface area contributed by atoms with Crippen molar-refractivity contribution in [3.8, 4) is 0 Å². The minimum absolute atomic E-state index is 0.0125. The Hall–Kier alpha value is -2.49. The van der Waals surface area contributed by atoms with Crippen molar-refractivity contribution in [3.63, 3.8) is 0 Å². The molecule has 1 heterocycles. The van der Waals surface area contributed by atoms with E-state index < -0.39 is 33.8 Å². The van der Waals surface area contributed by atoms with E-state index in [4.69, 9.17) is 16.3 Å². The molecule has 1 aliphatic rings. The number of sulfonamides is 1. The lowest BCUT2D eigenvalue weighted by molar-refractivity contribution is -0.123. The molecule has 0 bridgehead atoms. The highest BCUT2D eigenvalue weighted by atomic mass is 35.5. The van der Waals surface area contributed by atoms with Crippen LogP contribution in [0.2, 0.25) is 5.02 Å². The Labute approximate surface area is 185 Å². The van der Waals surface area contributed by atoms with Gasteiger partial charge >= 0.3 is 5.97 Å². The number of hydrogen-bond donors (Lipinski definition) is 1. The van der Waals surface area contributed by atoms with E-state index in [9.17, 15) is 22.4 Å². The van der Waals surface area contributed by atoms with Crippen LogP contribution in [0.15, 0.2) is 47.4 Å². The van der Waals surface area contributed by atoms with Gasteiger partial charge in [0.25, 0.3) is 5.91 Å². The summed E-state index contributed by atoms with van der Waals surface area (Å²) in [7, 11) is -3.71. The SMILES string of the molecule is CC(OC(=O)c1cccc(F)c1)C(=O)Nc1cc(S(=O)(=O)N2CCCCC2)ccc1Cl. The van der Waals surface area contributed by atoms with Gasteiger partial charge in [0.15, 0.2) is 6.10 Å². The molecule has 10 heteroatoms. The maximum Gasteiger partial charge on any atom is 0.339 e. The molecule has 0 aromatic heterocycles. The maximum atomic E-state index is 13.3. The highest BCUT2D eigenvalue weighted by molar-refractivity contribution is 7.89. The van der Waals surface area contributed by atoms with Crippen LogP contribution in [-0.4, -0.2) is 43.8 Å². The minimum atomic E-state index is -3.71. The molecule has 1 aliphatic heterocycles. The van der Waals surface area contributed by atoms with Crippen LogP contribution in [0.5, 0.6) is 0 Å². The van der Waals surface area contributed by atoms with Gasteiger partial charge in [-0.2, -0.15) is 4.31 Å². The van der Waals surface area contributed by atoms with E-state index in [0.29, 0.717) is 13.1 Å². The van der Waals surface area contributed by atoms with E-state index in [1.165, 1.54) is 47.6 Å². The first-order chi connectivity index (χ1) is 14.7. The van der Waals surface area contributed by atoms with Crippen molar-refractivity contribution in [2.75, 3.05) is 18.4 Å². The van der Waals surface area contributed by atoms with Crippen molar-refractivity contribution >= 4 is 39.2 Å². The van der Waals surface area contributed by atoms with Gasteiger partial charge in [-0.3, -0.25) is 4.79 Å². The molecule has 1 atom stereocenters. The molecule has 166 valence electrons. The summed E-state index contributed by atoms with van der Waals surface area (Å²) in [6.07, 6.45) is 1.35. The number of nitrogens with zero attached hydrogens (tertiary/aromatic N) is 1. The molecule has 0 saturated carbocycles. The van der Waals surface area contributed by atoms with Gasteiger partial charge in [0, 0.05) is 13.1 Å². The molecule has 2 aromatic carbocycles. The van der Waals surface area contributed by atoms with Crippen LogP contribution >= 0.6 is 11.6 Å². The van der Waals surface area contributed by atoms with Crippen molar-refractivity contribution in [2.24, 2.45) is 0 Å². The molecule has 2 aromatic rings. The van der Waals surface area contributed by atoms with Crippen LogP contribution < -0.4 is 5.32 Å². The summed E-state index contributed by atoms with van der Waals surface area (Å²) < 4.78 is 45.5. The van der Waals surface area contributed by atoms with Crippen molar-refractivity contribution in [1.29, 1.82) is 0 Å². The fraction of sp³-hybridized carbons (Fsp3) is 0.333. The number of piperidine rings is 1. The zero-order chi connectivity index (χ0) is 22.6. The molecule has 3 rings (SSSR count). The Balaban J connectivity index is 1.72. The predicted molar refractivity (Wildman–Crippen MR) is 114 cm³/mol. The summed E-state index contributed by atoms with van der Waals surface area (Å²) in [6, 6.07) is 8.95. The van der Waals surface area contributed by atoms with E-state index in [1.54, 1.807) is 0 Å². The number of anilines is 1. The second kappa shape index (κ2) is 9.76. The molecule has 7 nitrogen and oxygen atoms in total. The van der Waals surface area contributed by atoms with Crippen molar-refractivity contribution in [1.82, 2.24) is 4.31 Å². The molecule has 31 heavy (non-hydrogen) atoms. The Kier molecular flexibility index (Phi) is 7.30. The Bertz CT molecular complexity index is 1090. The maximum absolute atomic E-state index is 13.3. The monoisotopic (exact) mass is 468 g/mol. The first-order valence-electron chi connectivity index (χ1n) is 9.75. The van der Waals surface area contributed by atoms with Crippen LogP contribution in [0.25, 0.3) is 0 Å². The van der Waals surface area contributed by atoms with Crippen LogP contribution in [0.3, 0.4) is 0 Å². The number of benzene rings is 2. The zero-order valence-electron chi connectivity index (χ0n) is 16.8. The van der Waals surface area contributed by atoms with E-state index in [1.807, 2.05) is 0 Å². The summed E-state index contributed by atoms with van der Waals surface area (Å²) >= 11 is 6.13. The van der Waals surface area contributed by atoms with Gasteiger partial charge in [0.1, 0.15) is 5.82 Å². The first kappa shape index (κ1) is 23.2. The molecule has 1 saturated heterocycles. The number of esters is 1. The third kappa shape index (κ3) is 5.61. The van der Waals surface area contributed by atoms with Gasteiger partial charge < -0.3 is 10.1 Å². The van der Waals surface area contributed by atoms with E-state index in [0.717, 1.165) is 25.3 Å². The van der Waals surface area contributed by atoms with Crippen LogP contribution in [0.4, 0.5) is 10.1 Å². The van der Waals surface area contributed by atoms with Crippen LogP contribution in [0.1, 0.15) is 36.5 Å². The van der Waals surface area contributed by atoms with Crippen molar-refractivity contribution in [3.05, 3.63) is 58.9 Å². The van der Waals surface area contributed by atoms with Gasteiger partial charge in [0.2, 0.25) is 10.0 Å². The average molecular weight is 469 g/mol. The van der Waals surface area contributed by atoms with Crippen LogP contribution in [-0.2, 0) is 19.6 Å². The number of nitrogens with one attached hydrogen (secondary N) is 1. The molecule has 1 unspecified atom stereocenters. The number of carbonyl (C=O) groups is 2. The Morgan fingerprint density at radius 2 is 1.84 bits per heavy atom. The summed E-state index contributed by atoms with van der Waals surface area (Å²) in [5, 5.41) is 2.62. The smallest absolute Gasteiger partial charge is 0.339 e. The van der Waals surface area contributed by atoms with Gasteiger partial charge in [0.05, 0.1) is 21.2 Å². The largest absolute Gasteiger partial charge is 0.449 e. The van der Waals surface area contributed by atoms with Gasteiger partial charge in [-0.15, -0.1) is 0 Å². The number of halogens is 2. The molecule has 1 fully saturated rings. The molecule has 0 spiro atoms. The highest BCUT2D eigenvalue weighted by Gasteiger charge is 2.27. The second-order valence-corrected chi connectivity index (χ2v) is 9.50. The number of ether oxygens (including phenoxy) is 1. The zero-order valence-corrected chi connectivity index (χ0v) is 18.4. The Morgan fingerprint density at radius 1 is 1.13 bits per heavy atom. The standard InChI is InChI=1S/C21H22ClFN2O5S/c1-14(30-21(27)15-6-5-7-16(23)12-15)20(26)24-19-13-17(8-9-18(19)22)31(28,29)25-10-3-2-4-11-25/h5-9,12-14H,2-4,10-11H2,1H3,(H,24,26). The Morgan fingerprint density at radius 3 is 2.52 bits per heavy atom. The molecule has 0 aliphatic carbocycles. The normalized spacial score (nSPS) is 15.8. The quantitative estimate of drug-likeness (QED) is 0.650. The molecule has 1 N–H and O–H groups in total. The topological polar surface area (TPSA) is 92.8 Å². The van der Waals surface area contributed by atoms with Crippen molar-refractivity contribution in [2.45, 2.75) is 37.2 Å². The lowest BCUT2D eigenvalue weighted by atomic mass is 10.2. The third-order valence-electron chi connectivity index (χ3n) is 4.86. The van der Waals surface area contributed by atoms with Gasteiger partial charge in [-0.1, -0.05) is 24.1 Å². The predicted octanol–water partition coefficient (Wildman–Crippen LogP) is 3.84. The molecule has 1 amide bonds. The van der Waals surface area contributed by atoms with Crippen molar-refractivity contribution < 1.29 is 27.1 Å². The lowest BCUT2D eigenvalue weighted by Crippen LogP contribution is -2.35. The number of rotatable bonds is 6. The van der Waals surface area contributed by atoms with Gasteiger partial charge in [-0.05, 0) is 56.2 Å². The minimum Gasteiger partial charge on any atom is -0.449 e. The summed E-state index contributed by atoms with van der Waals surface area (Å²) in [4.78, 5) is 24.6. The number of carbonyl (C=O) groups excluding carboxylic acids is 2.